The van der Waals surface area contributed by atoms with Gasteiger partial charge >= 0.3 is 0 Å². The maximum atomic E-state index is 8.59. The number of aromatic nitrogens is 1. The first-order valence-corrected chi connectivity index (χ1v) is 4.61. The van der Waals surface area contributed by atoms with Crippen LogP contribution in [0.3, 0.4) is 0 Å². The Bertz CT molecular complexity index is 346. The van der Waals surface area contributed by atoms with E-state index in [4.69, 9.17) is 15.3 Å². The molecular weight excluding hydrogens is 180 g/mol. The van der Waals surface area contributed by atoms with Crippen LogP contribution >= 0.6 is 0 Å². The summed E-state index contributed by atoms with van der Waals surface area (Å²) < 4.78 is 7.00. The molecule has 1 aromatic heterocycles. The van der Waals surface area contributed by atoms with Gasteiger partial charge < -0.3 is 14.4 Å². The number of hydrogen-bond donors (Lipinski definition) is 2. The summed E-state index contributed by atoms with van der Waals surface area (Å²) in [7, 11) is 0. The quantitative estimate of drug-likeness (QED) is 0.748. The summed E-state index contributed by atoms with van der Waals surface area (Å²) in [6, 6.07) is 3.70. The van der Waals surface area contributed by atoms with Crippen molar-refractivity contribution in [1.82, 2.24) is 4.57 Å². The van der Waals surface area contributed by atoms with Crippen molar-refractivity contribution >= 4 is 0 Å². The van der Waals surface area contributed by atoms with Gasteiger partial charge in [-0.25, -0.2) is 0 Å². The molecule has 1 unspecified atom stereocenters. The number of rotatable bonds is 4. The van der Waals surface area contributed by atoms with E-state index in [1.54, 1.807) is 10.6 Å². The van der Waals surface area contributed by atoms with Crippen LogP contribution < -0.4 is 5.49 Å². The number of nitrogens with zero attached hydrogens (tertiary/aromatic N) is 1. The number of ether oxygens (including phenoxy) is 1. The van der Waals surface area contributed by atoms with Crippen LogP contribution in [0, 0.1) is 12.3 Å². The molecule has 4 heteroatoms. The predicted molar refractivity (Wildman–Crippen MR) is 52.8 cm³/mol. The summed E-state index contributed by atoms with van der Waals surface area (Å²) in [5, 5.41) is 16.3. The number of aryl methyl sites for hydroxylation is 1. The zero-order valence-electron chi connectivity index (χ0n) is 8.53. The fourth-order valence-electron chi connectivity index (χ4n) is 1.24. The van der Waals surface area contributed by atoms with Crippen molar-refractivity contribution in [3.63, 3.8) is 0 Å². The molecule has 78 valence electrons. The van der Waals surface area contributed by atoms with Crippen LogP contribution in [0.5, 0.6) is 0 Å². The molecule has 0 saturated heterocycles. The lowest BCUT2D eigenvalue weighted by Gasteiger charge is -2.16. The van der Waals surface area contributed by atoms with Crippen molar-refractivity contribution in [3.05, 3.63) is 29.4 Å². The van der Waals surface area contributed by atoms with Gasteiger partial charge in [0.2, 0.25) is 0 Å². The molecule has 0 aliphatic heterocycles. The number of pyridine rings is 1. The first kappa shape index (κ1) is 10.9. The van der Waals surface area contributed by atoms with Gasteiger partial charge in [0.1, 0.15) is 11.7 Å². The standard InChI is InChI=1S/C10H16N2O2/c1-8-3-4-12(10(11)7-8)9(2)14-6-5-13/h3-4,7,9,11,13H,5-6H2,1-2H3. The van der Waals surface area contributed by atoms with Crippen LogP contribution in [-0.2, 0) is 4.74 Å². The summed E-state index contributed by atoms with van der Waals surface area (Å²) in [4.78, 5) is 0. The van der Waals surface area contributed by atoms with E-state index in [0.717, 1.165) is 5.56 Å². The van der Waals surface area contributed by atoms with Crippen LogP contribution in [0.1, 0.15) is 18.7 Å². The fraction of sp³-hybridized carbons (Fsp3) is 0.500. The molecule has 0 aliphatic carbocycles. The SMILES string of the molecule is Cc1ccn(C(C)OCCO)c(=N)c1. The minimum absolute atomic E-state index is 0.00406. The topological polar surface area (TPSA) is 58.2 Å². The van der Waals surface area contributed by atoms with Gasteiger partial charge in [-0.15, -0.1) is 0 Å². The lowest BCUT2D eigenvalue weighted by Crippen LogP contribution is -2.24. The van der Waals surface area contributed by atoms with E-state index in [1.165, 1.54) is 0 Å². The lowest BCUT2D eigenvalue weighted by atomic mass is 10.3. The average Bonchev–Trinajstić information content (AvgIpc) is 2.14. The highest BCUT2D eigenvalue weighted by Gasteiger charge is 2.03. The molecule has 0 spiro atoms. The second-order valence-electron chi connectivity index (χ2n) is 3.19. The molecule has 0 amide bonds. The molecule has 0 aromatic carbocycles. The predicted octanol–water partition coefficient (Wildman–Crippen LogP) is 0.803. The fourth-order valence-corrected chi connectivity index (χ4v) is 1.24. The number of aliphatic hydroxyl groups excluding tert-OH is 1. The van der Waals surface area contributed by atoms with Crippen LogP contribution in [0.25, 0.3) is 0 Å². The van der Waals surface area contributed by atoms with Gasteiger partial charge in [0.25, 0.3) is 0 Å². The Balaban J connectivity index is 2.80. The molecule has 0 bridgehead atoms. The monoisotopic (exact) mass is 196 g/mol. The molecule has 1 heterocycles. The van der Waals surface area contributed by atoms with E-state index in [0.29, 0.717) is 12.1 Å². The van der Waals surface area contributed by atoms with E-state index in [2.05, 4.69) is 0 Å². The molecule has 0 radical (unpaired) electrons. The molecule has 4 nitrogen and oxygen atoms in total. The van der Waals surface area contributed by atoms with Gasteiger partial charge in [0.05, 0.1) is 13.2 Å². The Morgan fingerprint density at radius 3 is 2.93 bits per heavy atom. The summed E-state index contributed by atoms with van der Waals surface area (Å²) in [5.41, 5.74) is 1.47. The second kappa shape index (κ2) is 4.93. The summed E-state index contributed by atoms with van der Waals surface area (Å²) in [5.74, 6) is 0. The van der Waals surface area contributed by atoms with Crippen molar-refractivity contribution in [3.8, 4) is 0 Å². The third-order valence-corrected chi connectivity index (χ3v) is 1.98. The maximum Gasteiger partial charge on any atom is 0.132 e. The first-order valence-electron chi connectivity index (χ1n) is 4.61. The van der Waals surface area contributed by atoms with E-state index < -0.39 is 0 Å². The van der Waals surface area contributed by atoms with E-state index in [9.17, 15) is 0 Å². The Morgan fingerprint density at radius 2 is 2.36 bits per heavy atom. The third-order valence-electron chi connectivity index (χ3n) is 1.98. The minimum atomic E-state index is -0.213. The molecule has 0 fully saturated rings. The van der Waals surface area contributed by atoms with Crippen LogP contribution in [-0.4, -0.2) is 22.9 Å². The van der Waals surface area contributed by atoms with Crippen LogP contribution in [0.4, 0.5) is 0 Å². The minimum Gasteiger partial charge on any atom is -0.394 e. The summed E-state index contributed by atoms with van der Waals surface area (Å²) in [6.45, 7) is 4.09. The van der Waals surface area contributed by atoms with Gasteiger partial charge in [0.15, 0.2) is 0 Å². The largest absolute Gasteiger partial charge is 0.394 e. The van der Waals surface area contributed by atoms with Crippen molar-refractivity contribution in [1.29, 1.82) is 5.41 Å². The molecule has 1 aromatic rings. The van der Waals surface area contributed by atoms with Gasteiger partial charge in [-0.2, -0.15) is 0 Å². The first-order chi connectivity index (χ1) is 6.65. The zero-order chi connectivity index (χ0) is 10.6. The Morgan fingerprint density at radius 1 is 1.64 bits per heavy atom. The number of hydrogen-bond acceptors (Lipinski definition) is 3. The number of aliphatic hydroxyl groups is 1. The van der Waals surface area contributed by atoms with E-state index >= 15 is 0 Å². The lowest BCUT2D eigenvalue weighted by molar-refractivity contribution is -0.00559. The van der Waals surface area contributed by atoms with Gasteiger partial charge in [0, 0.05) is 6.20 Å². The third kappa shape index (κ3) is 2.68. The molecular formula is C10H16N2O2. The van der Waals surface area contributed by atoms with Gasteiger partial charge in [-0.3, -0.25) is 5.41 Å². The zero-order valence-corrected chi connectivity index (χ0v) is 8.53. The molecule has 0 aliphatic rings. The van der Waals surface area contributed by atoms with E-state index in [1.807, 2.05) is 26.1 Å². The summed E-state index contributed by atoms with van der Waals surface area (Å²) in [6.07, 6.45) is 1.61. The average molecular weight is 196 g/mol. The van der Waals surface area contributed by atoms with Crippen LogP contribution in [0.2, 0.25) is 0 Å². The van der Waals surface area contributed by atoms with Crippen molar-refractivity contribution in [2.24, 2.45) is 0 Å². The van der Waals surface area contributed by atoms with Crippen molar-refractivity contribution in [2.45, 2.75) is 20.1 Å². The second-order valence-corrected chi connectivity index (χ2v) is 3.19. The molecule has 0 saturated carbocycles. The van der Waals surface area contributed by atoms with E-state index in [-0.39, 0.29) is 12.8 Å². The highest BCUT2D eigenvalue weighted by atomic mass is 16.5. The van der Waals surface area contributed by atoms with Gasteiger partial charge in [-0.1, -0.05) is 0 Å². The highest BCUT2D eigenvalue weighted by Crippen LogP contribution is 2.03. The maximum absolute atomic E-state index is 8.59. The molecule has 1 atom stereocenters. The number of nitrogens with one attached hydrogen (secondary N) is 1. The van der Waals surface area contributed by atoms with Crippen molar-refractivity contribution in [2.75, 3.05) is 13.2 Å². The normalized spacial score (nSPS) is 12.8. The Labute approximate surface area is 83.3 Å². The Hall–Kier alpha value is -1.13. The molecule has 1 rings (SSSR count). The highest BCUT2D eigenvalue weighted by molar-refractivity contribution is 5.07. The van der Waals surface area contributed by atoms with Gasteiger partial charge in [-0.05, 0) is 31.5 Å². The molecule has 2 N–H and O–H groups in total. The smallest absolute Gasteiger partial charge is 0.132 e. The van der Waals surface area contributed by atoms with Crippen LogP contribution in [0.15, 0.2) is 18.3 Å². The Kier molecular flexibility index (Phi) is 3.85. The summed E-state index contributed by atoms with van der Waals surface area (Å²) >= 11 is 0. The molecule has 14 heavy (non-hydrogen) atoms. The van der Waals surface area contributed by atoms with Crippen molar-refractivity contribution < 1.29 is 9.84 Å².